The minimum Gasteiger partial charge on any atom is -0.465 e. The fraction of sp³-hybridized carbons (Fsp3) is 0.320. The van der Waals surface area contributed by atoms with E-state index in [4.69, 9.17) is 26.1 Å². The molecule has 2 aromatic carbocycles. The van der Waals surface area contributed by atoms with Crippen molar-refractivity contribution in [2.75, 3.05) is 38.3 Å². The number of nitrogens with zero attached hydrogens (tertiary/aromatic N) is 4. The third kappa shape index (κ3) is 3.43. The number of anilines is 1. The number of morpholine rings is 1. The van der Waals surface area contributed by atoms with Crippen molar-refractivity contribution in [1.29, 1.82) is 0 Å². The predicted octanol–water partition coefficient (Wildman–Crippen LogP) is 4.73. The summed E-state index contributed by atoms with van der Waals surface area (Å²) in [5.41, 5.74) is 4.70. The molecule has 8 heteroatoms. The van der Waals surface area contributed by atoms with Gasteiger partial charge in [-0.2, -0.15) is 0 Å². The van der Waals surface area contributed by atoms with Gasteiger partial charge in [-0.25, -0.2) is 9.78 Å². The number of methoxy groups -OCH3 is 1. The molecule has 168 valence electrons. The van der Waals surface area contributed by atoms with Gasteiger partial charge in [-0.3, -0.25) is 9.55 Å². The first kappa shape index (κ1) is 20.4. The lowest BCUT2D eigenvalue weighted by Crippen LogP contribution is -2.36. The van der Waals surface area contributed by atoms with Crippen molar-refractivity contribution in [2.24, 2.45) is 0 Å². The Morgan fingerprint density at radius 3 is 2.73 bits per heavy atom. The van der Waals surface area contributed by atoms with Crippen LogP contribution in [0.4, 0.5) is 5.69 Å². The van der Waals surface area contributed by atoms with Gasteiger partial charge in [0.05, 0.1) is 47.6 Å². The summed E-state index contributed by atoms with van der Waals surface area (Å²) < 4.78 is 12.9. The molecule has 1 saturated heterocycles. The van der Waals surface area contributed by atoms with E-state index in [1.54, 1.807) is 6.20 Å². The van der Waals surface area contributed by atoms with E-state index in [1.165, 1.54) is 7.11 Å². The van der Waals surface area contributed by atoms with E-state index in [-0.39, 0.29) is 5.97 Å². The van der Waals surface area contributed by atoms with Crippen LogP contribution in [0.1, 0.15) is 34.9 Å². The first-order valence-corrected chi connectivity index (χ1v) is 11.5. The first-order valence-electron chi connectivity index (χ1n) is 11.2. The van der Waals surface area contributed by atoms with Crippen LogP contribution in [0.2, 0.25) is 5.02 Å². The van der Waals surface area contributed by atoms with E-state index >= 15 is 0 Å². The largest absolute Gasteiger partial charge is 0.465 e. The van der Waals surface area contributed by atoms with Crippen LogP contribution in [0.5, 0.6) is 0 Å². The molecular weight excluding hydrogens is 440 g/mol. The number of rotatable bonds is 4. The smallest absolute Gasteiger partial charge is 0.340 e. The second-order valence-corrected chi connectivity index (χ2v) is 8.91. The number of benzene rings is 2. The monoisotopic (exact) mass is 462 g/mol. The summed E-state index contributed by atoms with van der Waals surface area (Å²) in [5.74, 6) is 0.934. The molecule has 7 nitrogen and oxygen atoms in total. The van der Waals surface area contributed by atoms with Gasteiger partial charge in [0, 0.05) is 36.3 Å². The second-order valence-electron chi connectivity index (χ2n) is 8.50. The molecule has 1 aliphatic heterocycles. The van der Waals surface area contributed by atoms with Crippen LogP contribution in [0.15, 0.2) is 42.6 Å². The summed E-state index contributed by atoms with van der Waals surface area (Å²) in [7, 11) is 1.41. The number of pyridine rings is 1. The average Bonchev–Trinajstić information content (AvgIpc) is 3.63. The van der Waals surface area contributed by atoms with Crippen LogP contribution in [-0.4, -0.2) is 53.9 Å². The number of para-hydroxylation sites is 1. The SMILES string of the molecule is COC(=O)c1cc(N2CCOCC2)cc2c1nc(C1CC1)n2-c1ccnc2c(Cl)cccc12. The lowest BCUT2D eigenvalue weighted by Gasteiger charge is -2.29. The van der Waals surface area contributed by atoms with Gasteiger partial charge >= 0.3 is 5.97 Å². The van der Waals surface area contributed by atoms with Crippen LogP contribution in [0, 0.1) is 0 Å². The zero-order valence-corrected chi connectivity index (χ0v) is 19.0. The van der Waals surface area contributed by atoms with Gasteiger partial charge in [0.15, 0.2) is 0 Å². The summed E-state index contributed by atoms with van der Waals surface area (Å²) >= 11 is 6.47. The summed E-state index contributed by atoms with van der Waals surface area (Å²) in [6.45, 7) is 2.85. The fourth-order valence-electron chi connectivity index (χ4n) is 4.64. The van der Waals surface area contributed by atoms with E-state index in [0.717, 1.165) is 59.5 Å². The number of ether oxygens (including phenoxy) is 2. The number of halogens is 1. The molecule has 0 radical (unpaired) electrons. The molecular formula is C25H23ClN4O3. The molecule has 0 unspecified atom stereocenters. The molecule has 0 N–H and O–H groups in total. The van der Waals surface area contributed by atoms with Crippen LogP contribution in [0.3, 0.4) is 0 Å². The van der Waals surface area contributed by atoms with Gasteiger partial charge in [-0.05, 0) is 37.1 Å². The zero-order valence-electron chi connectivity index (χ0n) is 18.3. The molecule has 6 rings (SSSR count). The van der Waals surface area contributed by atoms with Crippen LogP contribution < -0.4 is 4.90 Å². The zero-order chi connectivity index (χ0) is 22.5. The second kappa shape index (κ2) is 8.01. The Kier molecular flexibility index (Phi) is 4.96. The molecule has 1 aliphatic carbocycles. The molecule has 4 aromatic rings. The maximum Gasteiger partial charge on any atom is 0.340 e. The van der Waals surface area contributed by atoms with Crippen molar-refractivity contribution in [3.8, 4) is 5.69 Å². The Labute approximate surface area is 195 Å². The minimum absolute atomic E-state index is 0.358. The van der Waals surface area contributed by atoms with Gasteiger partial charge in [0.2, 0.25) is 0 Å². The van der Waals surface area contributed by atoms with Gasteiger partial charge < -0.3 is 14.4 Å². The lowest BCUT2D eigenvalue weighted by molar-refractivity contribution is 0.0603. The van der Waals surface area contributed by atoms with E-state index in [0.29, 0.717) is 35.2 Å². The highest BCUT2D eigenvalue weighted by Gasteiger charge is 2.32. The molecule has 0 spiro atoms. The number of fused-ring (bicyclic) bond motifs is 2. The molecule has 0 atom stereocenters. The Morgan fingerprint density at radius 1 is 1.15 bits per heavy atom. The molecule has 3 heterocycles. The van der Waals surface area contributed by atoms with E-state index in [9.17, 15) is 4.79 Å². The molecule has 2 aromatic heterocycles. The van der Waals surface area contributed by atoms with Crippen molar-refractivity contribution in [3.05, 3.63) is 59.0 Å². The maximum atomic E-state index is 12.8. The predicted molar refractivity (Wildman–Crippen MR) is 128 cm³/mol. The Morgan fingerprint density at radius 2 is 1.97 bits per heavy atom. The van der Waals surface area contributed by atoms with E-state index < -0.39 is 0 Å². The van der Waals surface area contributed by atoms with Crippen molar-refractivity contribution in [3.63, 3.8) is 0 Å². The highest BCUT2D eigenvalue weighted by atomic mass is 35.5. The standard InChI is InChI=1S/C25H23ClN4O3/c1-32-25(31)18-13-16(29-9-11-33-12-10-29)14-21-23(18)28-24(15-5-6-15)30(21)20-7-8-27-22-17(20)3-2-4-19(22)26/h2-4,7-8,13-15H,5-6,9-12H2,1H3. The lowest BCUT2D eigenvalue weighted by atomic mass is 10.1. The Bertz CT molecular complexity index is 1390. The molecule has 0 bridgehead atoms. The molecule has 2 fully saturated rings. The third-order valence-electron chi connectivity index (χ3n) is 6.43. The van der Waals surface area contributed by atoms with Gasteiger partial charge in [-0.1, -0.05) is 23.7 Å². The van der Waals surface area contributed by atoms with Crippen LogP contribution in [-0.2, 0) is 9.47 Å². The molecule has 33 heavy (non-hydrogen) atoms. The summed E-state index contributed by atoms with van der Waals surface area (Å²) in [4.78, 5) is 24.6. The van der Waals surface area contributed by atoms with Crippen molar-refractivity contribution < 1.29 is 14.3 Å². The summed E-state index contributed by atoms with van der Waals surface area (Å²) in [6.07, 6.45) is 3.94. The Balaban J connectivity index is 1.67. The van der Waals surface area contributed by atoms with E-state index in [2.05, 4.69) is 20.5 Å². The van der Waals surface area contributed by atoms with Gasteiger partial charge in [0.25, 0.3) is 0 Å². The van der Waals surface area contributed by atoms with Crippen LogP contribution >= 0.6 is 11.6 Å². The number of hydrogen-bond donors (Lipinski definition) is 0. The quantitative estimate of drug-likeness (QED) is 0.408. The minimum atomic E-state index is -0.385. The van der Waals surface area contributed by atoms with E-state index in [1.807, 2.05) is 30.3 Å². The van der Waals surface area contributed by atoms with Gasteiger partial charge in [0.1, 0.15) is 11.3 Å². The van der Waals surface area contributed by atoms with Gasteiger partial charge in [-0.15, -0.1) is 0 Å². The number of imidazole rings is 1. The molecule has 2 aliphatic rings. The fourth-order valence-corrected chi connectivity index (χ4v) is 4.86. The van der Waals surface area contributed by atoms with Crippen LogP contribution in [0.25, 0.3) is 27.6 Å². The summed E-state index contributed by atoms with van der Waals surface area (Å²) in [6, 6.07) is 11.8. The normalized spacial score (nSPS) is 16.5. The number of aromatic nitrogens is 3. The van der Waals surface area contributed by atoms with Crippen molar-refractivity contribution in [1.82, 2.24) is 14.5 Å². The molecule has 0 amide bonds. The number of carbonyl (C=O) groups excluding carboxylic acids is 1. The molecule has 1 saturated carbocycles. The summed E-state index contributed by atoms with van der Waals surface area (Å²) in [5, 5.41) is 1.55. The topological polar surface area (TPSA) is 69.5 Å². The highest BCUT2D eigenvalue weighted by molar-refractivity contribution is 6.35. The average molecular weight is 463 g/mol. The van der Waals surface area contributed by atoms with Crippen molar-refractivity contribution in [2.45, 2.75) is 18.8 Å². The highest BCUT2D eigenvalue weighted by Crippen LogP contribution is 2.44. The number of esters is 1. The Hall–Kier alpha value is -3.16. The third-order valence-corrected chi connectivity index (χ3v) is 6.74. The number of hydrogen-bond acceptors (Lipinski definition) is 6. The van der Waals surface area contributed by atoms with Crippen molar-refractivity contribution >= 4 is 45.2 Å². The maximum absolute atomic E-state index is 12.8. The number of carbonyl (C=O) groups is 1. The first-order chi connectivity index (χ1) is 16.2.